The molecule has 0 unspecified atom stereocenters. The highest BCUT2D eigenvalue weighted by Gasteiger charge is 2.37. The number of alkyl halides is 3. The van der Waals surface area contributed by atoms with Crippen molar-refractivity contribution in [3.63, 3.8) is 0 Å². The Balaban J connectivity index is 2.39. The molecule has 1 aromatic rings. The van der Waals surface area contributed by atoms with Crippen LogP contribution >= 0.6 is 0 Å². The summed E-state index contributed by atoms with van der Waals surface area (Å²) in [5, 5.41) is 2.24. The molecule has 0 aliphatic heterocycles. The summed E-state index contributed by atoms with van der Waals surface area (Å²) >= 11 is 0. The van der Waals surface area contributed by atoms with Crippen molar-refractivity contribution in [1.29, 1.82) is 0 Å². The zero-order valence-electron chi connectivity index (χ0n) is 9.60. The second kappa shape index (κ2) is 4.23. The predicted molar refractivity (Wildman–Crippen MR) is 56.9 cm³/mol. The third-order valence-corrected chi connectivity index (χ3v) is 3.37. The van der Waals surface area contributed by atoms with Crippen molar-refractivity contribution < 1.29 is 13.2 Å². The Kier molecular flexibility index (Phi) is 3.05. The maximum Gasteiger partial charge on any atom is 0.433 e. The number of nitrogens with one attached hydrogen (secondary N) is 1. The van der Waals surface area contributed by atoms with Crippen LogP contribution in [0.1, 0.15) is 49.4 Å². The topological polar surface area (TPSA) is 37.8 Å². The fourth-order valence-electron chi connectivity index (χ4n) is 2.42. The summed E-state index contributed by atoms with van der Waals surface area (Å²) in [5.74, 6) is 0. The van der Waals surface area contributed by atoms with Crippen LogP contribution in [0.3, 0.4) is 0 Å². The van der Waals surface area contributed by atoms with Crippen LogP contribution in [-0.4, -0.2) is 9.78 Å². The molecule has 0 aromatic carbocycles. The number of halogens is 3. The normalized spacial score (nSPS) is 18.6. The summed E-state index contributed by atoms with van der Waals surface area (Å²) in [6.45, 7) is 1.22. The minimum absolute atomic E-state index is 0.106. The van der Waals surface area contributed by atoms with E-state index in [2.05, 4.69) is 5.10 Å². The van der Waals surface area contributed by atoms with Crippen LogP contribution in [0.4, 0.5) is 13.2 Å². The fourth-order valence-corrected chi connectivity index (χ4v) is 2.42. The first-order chi connectivity index (χ1) is 7.91. The van der Waals surface area contributed by atoms with E-state index in [0.29, 0.717) is 0 Å². The first-order valence-electron chi connectivity index (χ1n) is 5.79. The highest BCUT2D eigenvalue weighted by molar-refractivity contribution is 5.18. The van der Waals surface area contributed by atoms with E-state index in [1.807, 2.05) is 0 Å². The first-order valence-corrected chi connectivity index (χ1v) is 5.79. The molecule has 0 amide bonds. The third-order valence-electron chi connectivity index (χ3n) is 3.37. The molecule has 1 fully saturated rings. The van der Waals surface area contributed by atoms with Crippen molar-refractivity contribution >= 4 is 0 Å². The average molecular weight is 248 g/mol. The number of H-pyrrole nitrogens is 1. The quantitative estimate of drug-likeness (QED) is 0.815. The van der Waals surface area contributed by atoms with E-state index < -0.39 is 17.4 Å². The van der Waals surface area contributed by atoms with Crippen molar-refractivity contribution in [3.8, 4) is 0 Å². The van der Waals surface area contributed by atoms with Gasteiger partial charge in [0.1, 0.15) is 5.69 Å². The van der Waals surface area contributed by atoms with Crippen LogP contribution in [0.2, 0.25) is 0 Å². The second-order valence-corrected chi connectivity index (χ2v) is 4.58. The van der Waals surface area contributed by atoms with E-state index in [0.717, 1.165) is 36.8 Å². The zero-order valence-corrected chi connectivity index (χ0v) is 9.60. The Bertz CT molecular complexity index is 452. The summed E-state index contributed by atoms with van der Waals surface area (Å²) in [4.78, 5) is 11.8. The summed E-state index contributed by atoms with van der Waals surface area (Å²) < 4.78 is 39.0. The SMILES string of the molecule is Cc1c(C(F)(F)F)[nH]n(C2CCCCC2)c1=O. The highest BCUT2D eigenvalue weighted by atomic mass is 19.4. The molecular weight excluding hydrogens is 233 g/mol. The van der Waals surface area contributed by atoms with E-state index in [1.165, 1.54) is 6.92 Å². The largest absolute Gasteiger partial charge is 0.433 e. The monoisotopic (exact) mass is 248 g/mol. The standard InChI is InChI=1S/C11H15F3N2O/c1-7-9(11(12,13)14)15-16(10(7)17)8-5-3-2-4-6-8/h8,15H,2-6H2,1H3. The lowest BCUT2D eigenvalue weighted by Gasteiger charge is -2.22. The fraction of sp³-hybridized carbons (Fsp3) is 0.727. The van der Waals surface area contributed by atoms with Gasteiger partial charge in [0.05, 0.1) is 6.04 Å². The van der Waals surface area contributed by atoms with Gasteiger partial charge in [-0.1, -0.05) is 19.3 Å². The molecule has 17 heavy (non-hydrogen) atoms. The van der Waals surface area contributed by atoms with E-state index in [-0.39, 0.29) is 11.6 Å². The molecule has 0 saturated heterocycles. The zero-order chi connectivity index (χ0) is 12.6. The second-order valence-electron chi connectivity index (χ2n) is 4.58. The third kappa shape index (κ3) is 2.25. The van der Waals surface area contributed by atoms with Gasteiger partial charge in [0.15, 0.2) is 0 Å². The van der Waals surface area contributed by atoms with Crippen LogP contribution in [0.5, 0.6) is 0 Å². The van der Waals surface area contributed by atoms with Crippen molar-refractivity contribution in [2.24, 2.45) is 0 Å². The van der Waals surface area contributed by atoms with Crippen molar-refractivity contribution in [3.05, 3.63) is 21.6 Å². The number of rotatable bonds is 1. The average Bonchev–Trinajstić information content (AvgIpc) is 2.57. The summed E-state index contributed by atoms with van der Waals surface area (Å²) in [5.41, 5.74) is -1.68. The Morgan fingerprint density at radius 3 is 2.29 bits per heavy atom. The van der Waals surface area contributed by atoms with Gasteiger partial charge in [-0.3, -0.25) is 9.89 Å². The highest BCUT2D eigenvalue weighted by Crippen LogP contribution is 2.31. The molecule has 1 N–H and O–H groups in total. The van der Waals surface area contributed by atoms with Crippen LogP contribution in [0.15, 0.2) is 4.79 Å². The molecule has 1 aliphatic rings. The molecular formula is C11H15F3N2O. The molecule has 1 heterocycles. The smallest absolute Gasteiger partial charge is 0.291 e. The molecule has 0 atom stereocenters. The van der Waals surface area contributed by atoms with Gasteiger partial charge >= 0.3 is 6.18 Å². The van der Waals surface area contributed by atoms with Crippen LogP contribution in [0, 0.1) is 6.92 Å². The number of hydrogen-bond acceptors (Lipinski definition) is 1. The number of aromatic nitrogens is 2. The number of hydrogen-bond donors (Lipinski definition) is 1. The minimum Gasteiger partial charge on any atom is -0.291 e. The van der Waals surface area contributed by atoms with Crippen molar-refractivity contribution in [2.75, 3.05) is 0 Å². The Hall–Kier alpha value is -1.20. The van der Waals surface area contributed by atoms with Crippen molar-refractivity contribution in [2.45, 2.75) is 51.2 Å². The summed E-state index contributed by atoms with van der Waals surface area (Å²) in [6, 6.07) is -0.106. The summed E-state index contributed by atoms with van der Waals surface area (Å²) in [6.07, 6.45) is 0.0988. The van der Waals surface area contributed by atoms with Gasteiger partial charge in [-0.05, 0) is 19.8 Å². The van der Waals surface area contributed by atoms with Gasteiger partial charge in [0.2, 0.25) is 0 Å². The minimum atomic E-state index is -4.48. The number of aromatic amines is 1. The first kappa shape index (κ1) is 12.3. The van der Waals surface area contributed by atoms with Gasteiger partial charge < -0.3 is 0 Å². The Morgan fingerprint density at radius 2 is 1.82 bits per heavy atom. The van der Waals surface area contributed by atoms with Gasteiger partial charge in [-0.15, -0.1) is 0 Å². The van der Waals surface area contributed by atoms with E-state index in [9.17, 15) is 18.0 Å². The molecule has 2 rings (SSSR count). The van der Waals surface area contributed by atoms with E-state index >= 15 is 0 Å². The lowest BCUT2D eigenvalue weighted by atomic mass is 9.96. The lowest BCUT2D eigenvalue weighted by molar-refractivity contribution is -0.142. The lowest BCUT2D eigenvalue weighted by Crippen LogP contribution is -2.25. The predicted octanol–water partition coefficient (Wildman–Crippen LogP) is 3.01. The van der Waals surface area contributed by atoms with Crippen LogP contribution in [-0.2, 0) is 6.18 Å². The Labute approximate surface area is 96.6 Å². The molecule has 0 bridgehead atoms. The van der Waals surface area contributed by atoms with E-state index in [1.54, 1.807) is 0 Å². The molecule has 3 nitrogen and oxygen atoms in total. The van der Waals surface area contributed by atoms with Crippen LogP contribution < -0.4 is 5.56 Å². The molecule has 96 valence electrons. The number of nitrogens with zero attached hydrogens (tertiary/aromatic N) is 1. The van der Waals surface area contributed by atoms with Gasteiger partial charge in [-0.2, -0.15) is 13.2 Å². The van der Waals surface area contributed by atoms with Gasteiger partial charge in [0, 0.05) is 5.56 Å². The van der Waals surface area contributed by atoms with Gasteiger partial charge in [0.25, 0.3) is 5.56 Å². The molecule has 1 aliphatic carbocycles. The molecule has 0 spiro atoms. The van der Waals surface area contributed by atoms with E-state index in [4.69, 9.17) is 0 Å². The maximum absolute atomic E-state index is 12.6. The molecule has 1 aromatic heterocycles. The maximum atomic E-state index is 12.6. The molecule has 6 heteroatoms. The Morgan fingerprint density at radius 1 is 1.24 bits per heavy atom. The van der Waals surface area contributed by atoms with Crippen molar-refractivity contribution in [1.82, 2.24) is 9.78 Å². The molecule has 0 radical (unpaired) electrons. The molecule has 1 saturated carbocycles. The van der Waals surface area contributed by atoms with Crippen LogP contribution in [0.25, 0.3) is 0 Å². The summed E-state index contributed by atoms with van der Waals surface area (Å²) in [7, 11) is 0. The van der Waals surface area contributed by atoms with Gasteiger partial charge in [-0.25, -0.2) is 4.68 Å².